The first-order valence-corrected chi connectivity index (χ1v) is 15.5. The number of benzene rings is 2. The van der Waals surface area contributed by atoms with Crippen molar-refractivity contribution in [1.82, 2.24) is 5.32 Å². The molecule has 2 aromatic rings. The van der Waals surface area contributed by atoms with Crippen molar-refractivity contribution in [2.45, 2.75) is 103 Å². The minimum atomic E-state index is -0.248. The Balaban J connectivity index is -0.000000275. The molecule has 0 saturated heterocycles. The lowest BCUT2D eigenvalue weighted by Crippen LogP contribution is -2.14. The standard InChI is InChI=1S/C16H16N2O2.C8H12.C7H15N.C3H8.2C2H6/c1-11-3-6-13(7-4-11)18-16(20)14-9-12(2)5-8-15(14)17-10-19;1-4-5-6-7-8(2)3;1-5-6(2)7(3)8-4;1-3-2;2*1-2/h3-10H,1-2H3,(H,17,19)(H,18,20);4-7H,2H2,1,3H3;8H,5H2,1-4H3;3H2,1-2H3;2*1-2H3/b;5-4-,7-6-;7-6+;;;. The Bertz CT molecular complexity index is 1070. The fourth-order valence-corrected chi connectivity index (χ4v) is 2.68. The van der Waals surface area contributed by atoms with Crippen LogP contribution in [0.15, 0.2) is 90.2 Å². The molecule has 0 spiro atoms. The molecule has 2 rings (SSSR count). The summed E-state index contributed by atoms with van der Waals surface area (Å²) in [7, 11) is 1.95. The molecular formula is C38H63N3O2. The van der Waals surface area contributed by atoms with Crippen molar-refractivity contribution < 1.29 is 9.59 Å². The Kier molecular flexibility index (Phi) is 35.0. The summed E-state index contributed by atoms with van der Waals surface area (Å²) in [5.41, 5.74) is 7.56. The molecule has 0 aliphatic heterocycles. The van der Waals surface area contributed by atoms with Gasteiger partial charge in [-0.15, -0.1) is 0 Å². The SMILES string of the molecule is C=C(C)/C=C\C=C/C.CC.CC.CC/C(C)=C(\C)NC.CCC.Cc1ccc(NC(=O)c2cc(C)ccc2NC=O)cc1. The molecule has 242 valence electrons. The average Bonchev–Trinajstić information content (AvgIpc) is 3.01. The van der Waals surface area contributed by atoms with Crippen LogP contribution in [0.25, 0.3) is 0 Å². The van der Waals surface area contributed by atoms with Crippen LogP contribution in [0.1, 0.15) is 110 Å². The Morgan fingerprint density at radius 1 is 0.860 bits per heavy atom. The summed E-state index contributed by atoms with van der Waals surface area (Å²) in [5, 5.41) is 8.45. The van der Waals surface area contributed by atoms with Crippen LogP contribution >= 0.6 is 0 Å². The molecule has 0 aliphatic carbocycles. The van der Waals surface area contributed by atoms with Crippen LogP contribution < -0.4 is 16.0 Å². The van der Waals surface area contributed by atoms with Crippen LogP contribution in [0.5, 0.6) is 0 Å². The molecule has 0 fully saturated rings. The minimum Gasteiger partial charge on any atom is -0.392 e. The lowest BCUT2D eigenvalue weighted by atomic mass is 10.1. The highest BCUT2D eigenvalue weighted by Crippen LogP contribution is 2.19. The van der Waals surface area contributed by atoms with Gasteiger partial charge in [0.2, 0.25) is 6.41 Å². The molecule has 0 bridgehead atoms. The molecule has 3 N–H and O–H groups in total. The zero-order valence-electron chi connectivity index (χ0n) is 29.9. The molecule has 0 radical (unpaired) electrons. The third-order valence-corrected chi connectivity index (χ3v) is 5.17. The summed E-state index contributed by atoms with van der Waals surface area (Å²) in [6, 6.07) is 12.8. The van der Waals surface area contributed by atoms with E-state index in [2.05, 4.69) is 57.1 Å². The normalized spacial score (nSPS) is 9.81. The maximum absolute atomic E-state index is 12.3. The van der Waals surface area contributed by atoms with Crippen molar-refractivity contribution in [3.63, 3.8) is 0 Å². The number of hydrogen-bond acceptors (Lipinski definition) is 3. The van der Waals surface area contributed by atoms with Crippen molar-refractivity contribution >= 4 is 23.7 Å². The average molecular weight is 594 g/mol. The van der Waals surface area contributed by atoms with Gasteiger partial charge >= 0.3 is 0 Å². The second kappa shape index (κ2) is 32.7. The molecule has 0 aromatic heterocycles. The van der Waals surface area contributed by atoms with Crippen LogP contribution in [-0.4, -0.2) is 19.4 Å². The summed E-state index contributed by atoms with van der Waals surface area (Å²) in [6.45, 7) is 30.2. The van der Waals surface area contributed by atoms with E-state index in [4.69, 9.17) is 0 Å². The second-order valence-electron chi connectivity index (χ2n) is 9.08. The van der Waals surface area contributed by atoms with Gasteiger partial charge in [0.05, 0.1) is 11.3 Å². The van der Waals surface area contributed by atoms with Gasteiger partial charge in [-0.1, -0.05) is 126 Å². The number of carbonyl (C=O) groups is 2. The first kappa shape index (κ1) is 46.1. The molecule has 0 unspecified atom stereocenters. The lowest BCUT2D eigenvalue weighted by Gasteiger charge is -2.10. The third kappa shape index (κ3) is 26.8. The van der Waals surface area contributed by atoms with Crippen molar-refractivity contribution in [3.05, 3.63) is 107 Å². The van der Waals surface area contributed by atoms with Crippen LogP contribution in [0, 0.1) is 13.8 Å². The molecule has 5 nitrogen and oxygen atoms in total. The zero-order chi connectivity index (χ0) is 34.2. The van der Waals surface area contributed by atoms with E-state index in [-0.39, 0.29) is 5.91 Å². The fraction of sp³-hybridized carbons (Fsp3) is 0.421. The highest BCUT2D eigenvalue weighted by molar-refractivity contribution is 6.09. The third-order valence-electron chi connectivity index (χ3n) is 5.17. The summed E-state index contributed by atoms with van der Waals surface area (Å²) in [4.78, 5) is 22.9. The Morgan fingerprint density at radius 3 is 1.77 bits per heavy atom. The summed E-state index contributed by atoms with van der Waals surface area (Å²) in [5.74, 6) is -0.248. The molecule has 5 heteroatoms. The summed E-state index contributed by atoms with van der Waals surface area (Å²) in [6.07, 6.45) is 10.9. The van der Waals surface area contributed by atoms with Crippen LogP contribution in [0.4, 0.5) is 11.4 Å². The number of anilines is 2. The fourth-order valence-electron chi connectivity index (χ4n) is 2.68. The predicted molar refractivity (Wildman–Crippen MR) is 195 cm³/mol. The molecular weight excluding hydrogens is 530 g/mol. The summed E-state index contributed by atoms with van der Waals surface area (Å²) >= 11 is 0. The quantitative estimate of drug-likeness (QED) is 0.211. The van der Waals surface area contributed by atoms with Gasteiger partial charge in [-0.2, -0.15) is 0 Å². The van der Waals surface area contributed by atoms with E-state index in [0.717, 1.165) is 28.8 Å². The van der Waals surface area contributed by atoms with E-state index in [1.165, 1.54) is 17.7 Å². The molecule has 0 saturated carbocycles. The number of nitrogens with one attached hydrogen (secondary N) is 3. The topological polar surface area (TPSA) is 70.2 Å². The minimum absolute atomic E-state index is 0.248. The van der Waals surface area contributed by atoms with Crippen LogP contribution in [0.2, 0.25) is 0 Å². The maximum atomic E-state index is 12.3. The van der Waals surface area contributed by atoms with Gasteiger partial charge in [0, 0.05) is 18.4 Å². The maximum Gasteiger partial charge on any atom is 0.257 e. The number of amides is 2. The highest BCUT2D eigenvalue weighted by atomic mass is 16.2. The van der Waals surface area contributed by atoms with Crippen molar-refractivity contribution in [2.75, 3.05) is 17.7 Å². The molecule has 2 amide bonds. The zero-order valence-corrected chi connectivity index (χ0v) is 29.9. The van der Waals surface area contributed by atoms with Gasteiger partial charge in [0.25, 0.3) is 5.91 Å². The van der Waals surface area contributed by atoms with Crippen molar-refractivity contribution in [3.8, 4) is 0 Å². The molecule has 0 heterocycles. The van der Waals surface area contributed by atoms with Gasteiger partial charge in [-0.25, -0.2) is 0 Å². The van der Waals surface area contributed by atoms with Gasteiger partial charge in [0.1, 0.15) is 0 Å². The molecule has 43 heavy (non-hydrogen) atoms. The molecule has 0 atom stereocenters. The second-order valence-corrected chi connectivity index (χ2v) is 9.08. The van der Waals surface area contributed by atoms with E-state index in [0.29, 0.717) is 17.7 Å². The number of hydrogen-bond donors (Lipinski definition) is 3. The van der Waals surface area contributed by atoms with Gasteiger partial charge in [0.15, 0.2) is 0 Å². The van der Waals surface area contributed by atoms with E-state index >= 15 is 0 Å². The van der Waals surface area contributed by atoms with Crippen molar-refractivity contribution in [2.24, 2.45) is 0 Å². The number of aryl methyl sites for hydroxylation is 2. The van der Waals surface area contributed by atoms with E-state index in [9.17, 15) is 9.59 Å². The van der Waals surface area contributed by atoms with E-state index in [1.54, 1.807) is 12.1 Å². The van der Waals surface area contributed by atoms with Gasteiger partial charge in [-0.05, 0) is 72.2 Å². The Morgan fingerprint density at radius 2 is 1.37 bits per heavy atom. The summed E-state index contributed by atoms with van der Waals surface area (Å²) < 4.78 is 0. The smallest absolute Gasteiger partial charge is 0.257 e. The number of allylic oxidation sites excluding steroid dienone is 7. The van der Waals surface area contributed by atoms with Crippen LogP contribution in [-0.2, 0) is 4.79 Å². The van der Waals surface area contributed by atoms with E-state index < -0.39 is 0 Å². The van der Waals surface area contributed by atoms with Gasteiger partial charge < -0.3 is 16.0 Å². The molecule has 2 aromatic carbocycles. The highest BCUT2D eigenvalue weighted by Gasteiger charge is 2.11. The Hall–Kier alpha value is -3.86. The predicted octanol–water partition coefficient (Wildman–Crippen LogP) is 11.2. The van der Waals surface area contributed by atoms with Crippen molar-refractivity contribution in [1.29, 1.82) is 0 Å². The Labute approximate surface area is 265 Å². The molecule has 0 aliphatic rings. The first-order valence-electron chi connectivity index (χ1n) is 15.5. The lowest BCUT2D eigenvalue weighted by molar-refractivity contribution is -0.105. The first-order chi connectivity index (χ1) is 20.5. The van der Waals surface area contributed by atoms with E-state index in [1.807, 2.05) is 117 Å². The monoisotopic (exact) mass is 593 g/mol. The number of rotatable bonds is 8. The number of carbonyl (C=O) groups excluding carboxylic acids is 2. The van der Waals surface area contributed by atoms with Gasteiger partial charge in [-0.3, -0.25) is 9.59 Å². The largest absolute Gasteiger partial charge is 0.392 e. The van der Waals surface area contributed by atoms with Crippen LogP contribution in [0.3, 0.4) is 0 Å².